The average molecular weight is 270 g/mol. The lowest BCUT2D eigenvalue weighted by atomic mass is 10.1. The number of rotatable bonds is 6. The molecule has 1 aromatic carbocycles. The highest BCUT2D eigenvalue weighted by Gasteiger charge is 2.23. The number of methoxy groups -OCH3 is 1. The molecule has 0 aliphatic heterocycles. The third kappa shape index (κ3) is 3.45. The zero-order valence-corrected chi connectivity index (χ0v) is 11.4. The number of ether oxygens (including phenoxy) is 1. The van der Waals surface area contributed by atoms with Gasteiger partial charge in [-0.3, -0.25) is 0 Å². The van der Waals surface area contributed by atoms with E-state index < -0.39 is 0 Å². The molecule has 2 rings (SSSR count). The summed E-state index contributed by atoms with van der Waals surface area (Å²) in [5, 5.41) is 13.4. The van der Waals surface area contributed by atoms with E-state index in [0.717, 1.165) is 24.3 Å². The molecule has 18 heavy (non-hydrogen) atoms. The SMILES string of the molecule is COCC(CCO)NC1Cc2ccc(Cl)cc2C1. The van der Waals surface area contributed by atoms with Crippen LogP contribution in [0.5, 0.6) is 0 Å². The molecule has 2 atom stereocenters. The van der Waals surface area contributed by atoms with Crippen molar-refractivity contribution in [3.05, 3.63) is 34.3 Å². The Morgan fingerprint density at radius 1 is 1.44 bits per heavy atom. The number of hydrogen-bond acceptors (Lipinski definition) is 3. The van der Waals surface area contributed by atoms with Crippen LogP contribution in [0, 0.1) is 0 Å². The molecule has 4 heteroatoms. The molecule has 2 unspecified atom stereocenters. The van der Waals surface area contributed by atoms with Crippen molar-refractivity contribution >= 4 is 11.6 Å². The van der Waals surface area contributed by atoms with Gasteiger partial charge in [-0.25, -0.2) is 0 Å². The van der Waals surface area contributed by atoms with Crippen LogP contribution in [0.4, 0.5) is 0 Å². The van der Waals surface area contributed by atoms with Gasteiger partial charge >= 0.3 is 0 Å². The Hall–Kier alpha value is -0.610. The van der Waals surface area contributed by atoms with Gasteiger partial charge in [-0.05, 0) is 42.5 Å². The molecule has 3 nitrogen and oxygen atoms in total. The molecular formula is C14H20ClNO2. The highest BCUT2D eigenvalue weighted by molar-refractivity contribution is 6.30. The van der Waals surface area contributed by atoms with Gasteiger partial charge < -0.3 is 15.2 Å². The first-order chi connectivity index (χ1) is 8.72. The van der Waals surface area contributed by atoms with Crippen LogP contribution >= 0.6 is 11.6 Å². The Balaban J connectivity index is 1.93. The molecule has 1 aromatic rings. The summed E-state index contributed by atoms with van der Waals surface area (Å²) in [6.45, 7) is 0.820. The average Bonchev–Trinajstić information content (AvgIpc) is 2.71. The fourth-order valence-corrected chi connectivity index (χ4v) is 2.80. The van der Waals surface area contributed by atoms with Crippen molar-refractivity contribution < 1.29 is 9.84 Å². The van der Waals surface area contributed by atoms with Crippen LogP contribution in [0.15, 0.2) is 18.2 Å². The molecule has 0 spiro atoms. The highest BCUT2D eigenvalue weighted by Crippen LogP contribution is 2.25. The van der Waals surface area contributed by atoms with Crippen LogP contribution in [0.3, 0.4) is 0 Å². The molecule has 1 aliphatic carbocycles. The predicted octanol–water partition coefficient (Wildman–Crippen LogP) is 1.79. The van der Waals surface area contributed by atoms with Crippen LogP contribution in [-0.4, -0.2) is 37.5 Å². The minimum Gasteiger partial charge on any atom is -0.396 e. The van der Waals surface area contributed by atoms with E-state index in [1.54, 1.807) is 7.11 Å². The molecule has 0 aromatic heterocycles. The summed E-state index contributed by atoms with van der Waals surface area (Å²) in [7, 11) is 1.69. The van der Waals surface area contributed by atoms with E-state index in [-0.39, 0.29) is 12.6 Å². The van der Waals surface area contributed by atoms with E-state index in [0.29, 0.717) is 12.6 Å². The summed E-state index contributed by atoms with van der Waals surface area (Å²) in [6.07, 6.45) is 2.75. The van der Waals surface area contributed by atoms with Gasteiger partial charge in [0.25, 0.3) is 0 Å². The Kier molecular flexibility index (Phi) is 5.01. The maximum absolute atomic E-state index is 9.03. The first-order valence-corrected chi connectivity index (χ1v) is 6.74. The number of benzene rings is 1. The normalized spacial score (nSPS) is 19.8. The standard InChI is InChI=1S/C14H20ClNO2/c1-18-9-13(4-5-17)16-14-7-10-2-3-12(15)6-11(10)8-14/h2-3,6,13-14,16-17H,4-5,7-9H2,1H3. The fourth-order valence-electron chi connectivity index (χ4n) is 2.61. The van der Waals surface area contributed by atoms with Gasteiger partial charge in [0.1, 0.15) is 0 Å². The van der Waals surface area contributed by atoms with E-state index in [1.165, 1.54) is 11.1 Å². The van der Waals surface area contributed by atoms with E-state index >= 15 is 0 Å². The Morgan fingerprint density at radius 3 is 2.94 bits per heavy atom. The summed E-state index contributed by atoms with van der Waals surface area (Å²) in [5.41, 5.74) is 2.71. The number of halogens is 1. The van der Waals surface area contributed by atoms with Crippen molar-refractivity contribution in [3.63, 3.8) is 0 Å². The molecule has 0 saturated heterocycles. The molecule has 0 saturated carbocycles. The van der Waals surface area contributed by atoms with Crippen molar-refractivity contribution in [1.82, 2.24) is 5.32 Å². The number of aliphatic hydroxyl groups is 1. The maximum Gasteiger partial charge on any atom is 0.0616 e. The first-order valence-electron chi connectivity index (χ1n) is 6.36. The van der Waals surface area contributed by atoms with E-state index in [2.05, 4.69) is 17.4 Å². The van der Waals surface area contributed by atoms with Crippen LogP contribution in [-0.2, 0) is 17.6 Å². The lowest BCUT2D eigenvalue weighted by molar-refractivity contribution is 0.143. The van der Waals surface area contributed by atoms with Crippen molar-refractivity contribution in [2.24, 2.45) is 0 Å². The summed E-state index contributed by atoms with van der Waals surface area (Å²) in [5.74, 6) is 0. The van der Waals surface area contributed by atoms with Gasteiger partial charge in [0, 0.05) is 30.8 Å². The van der Waals surface area contributed by atoms with Crippen molar-refractivity contribution in [2.45, 2.75) is 31.3 Å². The second kappa shape index (κ2) is 6.53. The van der Waals surface area contributed by atoms with E-state index in [4.69, 9.17) is 21.4 Å². The van der Waals surface area contributed by atoms with Gasteiger partial charge in [-0.2, -0.15) is 0 Å². The summed E-state index contributed by atoms with van der Waals surface area (Å²) < 4.78 is 5.17. The molecule has 0 bridgehead atoms. The molecule has 100 valence electrons. The van der Waals surface area contributed by atoms with Crippen LogP contribution in [0.2, 0.25) is 5.02 Å². The molecule has 1 aliphatic rings. The van der Waals surface area contributed by atoms with E-state index in [1.807, 2.05) is 6.07 Å². The minimum absolute atomic E-state index is 0.187. The number of nitrogens with one attached hydrogen (secondary N) is 1. The first kappa shape index (κ1) is 13.8. The van der Waals surface area contributed by atoms with Crippen molar-refractivity contribution in [2.75, 3.05) is 20.3 Å². The molecular weight excluding hydrogens is 250 g/mol. The maximum atomic E-state index is 9.03. The molecule has 0 amide bonds. The minimum atomic E-state index is 0.187. The van der Waals surface area contributed by atoms with Gasteiger partial charge in [0.05, 0.1) is 6.61 Å². The lowest BCUT2D eigenvalue weighted by Gasteiger charge is -2.21. The lowest BCUT2D eigenvalue weighted by Crippen LogP contribution is -2.42. The van der Waals surface area contributed by atoms with Crippen LogP contribution < -0.4 is 5.32 Å². The summed E-state index contributed by atoms with van der Waals surface area (Å²) in [4.78, 5) is 0. The largest absolute Gasteiger partial charge is 0.396 e. The van der Waals surface area contributed by atoms with Crippen LogP contribution in [0.1, 0.15) is 17.5 Å². The Bertz CT molecular complexity index is 391. The molecule has 2 N–H and O–H groups in total. The zero-order valence-electron chi connectivity index (χ0n) is 10.7. The third-order valence-corrected chi connectivity index (χ3v) is 3.65. The monoisotopic (exact) mass is 269 g/mol. The second-order valence-corrected chi connectivity index (χ2v) is 5.29. The number of hydrogen-bond donors (Lipinski definition) is 2. The molecule has 0 fully saturated rings. The summed E-state index contributed by atoms with van der Waals surface area (Å²) >= 11 is 6.00. The molecule has 0 radical (unpaired) electrons. The summed E-state index contributed by atoms with van der Waals surface area (Å²) in [6, 6.07) is 6.75. The topological polar surface area (TPSA) is 41.5 Å². The third-order valence-electron chi connectivity index (χ3n) is 3.42. The van der Waals surface area contributed by atoms with Crippen molar-refractivity contribution in [3.8, 4) is 0 Å². The zero-order chi connectivity index (χ0) is 13.0. The predicted molar refractivity (Wildman–Crippen MR) is 73.2 cm³/mol. The quantitative estimate of drug-likeness (QED) is 0.827. The smallest absolute Gasteiger partial charge is 0.0616 e. The van der Waals surface area contributed by atoms with Gasteiger partial charge in [0.2, 0.25) is 0 Å². The van der Waals surface area contributed by atoms with Gasteiger partial charge in [-0.15, -0.1) is 0 Å². The van der Waals surface area contributed by atoms with Gasteiger partial charge in [-0.1, -0.05) is 17.7 Å². The second-order valence-electron chi connectivity index (χ2n) is 4.85. The van der Waals surface area contributed by atoms with Gasteiger partial charge in [0.15, 0.2) is 0 Å². The number of fused-ring (bicyclic) bond motifs is 1. The Labute approximate surface area is 113 Å². The Morgan fingerprint density at radius 2 is 2.22 bits per heavy atom. The van der Waals surface area contributed by atoms with Crippen LogP contribution in [0.25, 0.3) is 0 Å². The highest BCUT2D eigenvalue weighted by atomic mass is 35.5. The number of aliphatic hydroxyl groups excluding tert-OH is 1. The van der Waals surface area contributed by atoms with E-state index in [9.17, 15) is 0 Å². The van der Waals surface area contributed by atoms with Crippen molar-refractivity contribution in [1.29, 1.82) is 0 Å². The molecule has 0 heterocycles. The fraction of sp³-hybridized carbons (Fsp3) is 0.571.